The zero-order chi connectivity index (χ0) is 15.4. The van der Waals surface area contributed by atoms with Gasteiger partial charge in [0, 0.05) is 21.1 Å². The van der Waals surface area contributed by atoms with Crippen LogP contribution in [0.2, 0.25) is 0 Å². The smallest absolute Gasteiger partial charge is 0.230 e. The molecule has 3 nitrogen and oxygen atoms in total. The molecule has 3 aromatic rings. The highest BCUT2D eigenvalue weighted by atomic mass is 79.9. The van der Waals surface area contributed by atoms with Gasteiger partial charge in [0.15, 0.2) is 0 Å². The summed E-state index contributed by atoms with van der Waals surface area (Å²) in [7, 11) is 0. The van der Waals surface area contributed by atoms with Crippen LogP contribution in [0.4, 0.5) is 5.69 Å². The zero-order valence-electron chi connectivity index (χ0n) is 11.6. The Balaban J connectivity index is 1.68. The number of halogens is 1. The van der Waals surface area contributed by atoms with E-state index in [4.69, 9.17) is 0 Å². The highest BCUT2D eigenvalue weighted by molar-refractivity contribution is 9.10. The van der Waals surface area contributed by atoms with Crippen molar-refractivity contribution in [1.82, 2.24) is 4.98 Å². The Bertz CT molecular complexity index is 786. The number of nitrogens with one attached hydrogen (secondary N) is 1. The lowest BCUT2D eigenvalue weighted by molar-refractivity contribution is -0.115. The molecule has 0 spiro atoms. The van der Waals surface area contributed by atoms with Gasteiger partial charge in [0.25, 0.3) is 0 Å². The summed E-state index contributed by atoms with van der Waals surface area (Å²) in [4.78, 5) is 16.6. The molecule has 3 rings (SSSR count). The first-order chi connectivity index (χ1) is 10.7. The second-order valence-electron chi connectivity index (χ2n) is 4.75. The largest absolute Gasteiger partial charge is 0.326 e. The zero-order valence-corrected chi connectivity index (χ0v) is 14.0. The van der Waals surface area contributed by atoms with E-state index in [-0.39, 0.29) is 12.3 Å². The van der Waals surface area contributed by atoms with Gasteiger partial charge in [-0.25, -0.2) is 4.98 Å². The third-order valence-electron chi connectivity index (χ3n) is 3.02. The van der Waals surface area contributed by atoms with Crippen LogP contribution in [0.3, 0.4) is 0 Å². The minimum absolute atomic E-state index is 0.0581. The molecule has 0 bridgehead atoms. The van der Waals surface area contributed by atoms with Crippen LogP contribution in [0.1, 0.15) is 5.69 Å². The molecule has 22 heavy (non-hydrogen) atoms. The van der Waals surface area contributed by atoms with Crippen LogP contribution in [-0.2, 0) is 11.2 Å². The Morgan fingerprint density at radius 3 is 2.73 bits per heavy atom. The van der Waals surface area contributed by atoms with Crippen LogP contribution in [0.5, 0.6) is 0 Å². The average Bonchev–Trinajstić information content (AvgIpc) is 2.96. The van der Waals surface area contributed by atoms with Crippen molar-refractivity contribution in [2.24, 2.45) is 0 Å². The first kappa shape index (κ1) is 14.9. The molecule has 110 valence electrons. The molecule has 0 saturated carbocycles. The molecule has 0 unspecified atom stereocenters. The van der Waals surface area contributed by atoms with Crippen LogP contribution in [-0.4, -0.2) is 10.9 Å². The predicted molar refractivity (Wildman–Crippen MR) is 94.0 cm³/mol. The van der Waals surface area contributed by atoms with Gasteiger partial charge in [-0.3, -0.25) is 4.79 Å². The van der Waals surface area contributed by atoms with Gasteiger partial charge >= 0.3 is 0 Å². The summed E-state index contributed by atoms with van der Waals surface area (Å²) in [6.45, 7) is 0. The summed E-state index contributed by atoms with van der Waals surface area (Å²) >= 11 is 5.00. The lowest BCUT2D eigenvalue weighted by atomic mass is 10.2. The van der Waals surface area contributed by atoms with Gasteiger partial charge in [-0.2, -0.15) is 0 Å². The Morgan fingerprint density at radius 1 is 1.14 bits per heavy atom. The predicted octanol–water partition coefficient (Wildman–Crippen LogP) is 4.75. The van der Waals surface area contributed by atoms with Crippen LogP contribution in [0.15, 0.2) is 64.5 Å². The van der Waals surface area contributed by atoms with Gasteiger partial charge in [-0.1, -0.05) is 46.3 Å². The summed E-state index contributed by atoms with van der Waals surface area (Å²) in [6, 6.07) is 17.4. The number of hydrogen-bond donors (Lipinski definition) is 1. The number of nitrogens with zero attached hydrogens (tertiary/aromatic N) is 1. The molecule has 0 aliphatic rings. The van der Waals surface area contributed by atoms with Crippen molar-refractivity contribution in [3.8, 4) is 10.6 Å². The van der Waals surface area contributed by atoms with Crippen molar-refractivity contribution in [1.29, 1.82) is 0 Å². The monoisotopic (exact) mass is 372 g/mol. The van der Waals surface area contributed by atoms with Crippen molar-refractivity contribution < 1.29 is 4.79 Å². The first-order valence-corrected chi connectivity index (χ1v) is 8.43. The van der Waals surface area contributed by atoms with E-state index in [1.807, 2.05) is 60.0 Å². The SMILES string of the molecule is O=C(Cc1csc(-c2cccc(Br)c2)n1)Nc1ccccc1. The van der Waals surface area contributed by atoms with Gasteiger partial charge in [-0.15, -0.1) is 11.3 Å². The molecule has 0 aliphatic carbocycles. The molecule has 0 atom stereocenters. The number of amides is 1. The van der Waals surface area contributed by atoms with Gasteiger partial charge in [0.1, 0.15) is 5.01 Å². The molecule has 1 amide bonds. The van der Waals surface area contributed by atoms with Crippen molar-refractivity contribution in [3.05, 3.63) is 70.1 Å². The maximum atomic E-state index is 12.0. The number of hydrogen-bond acceptors (Lipinski definition) is 3. The summed E-state index contributed by atoms with van der Waals surface area (Å²) in [5, 5.41) is 5.72. The Kier molecular flexibility index (Phi) is 4.65. The third-order valence-corrected chi connectivity index (χ3v) is 4.46. The lowest BCUT2D eigenvalue weighted by Gasteiger charge is -2.03. The fourth-order valence-corrected chi connectivity index (χ4v) is 3.25. The summed E-state index contributed by atoms with van der Waals surface area (Å²) in [6.07, 6.45) is 0.277. The summed E-state index contributed by atoms with van der Waals surface area (Å²) in [5.41, 5.74) is 2.64. The Hall–Kier alpha value is -1.98. The van der Waals surface area contributed by atoms with Crippen molar-refractivity contribution in [3.63, 3.8) is 0 Å². The first-order valence-electron chi connectivity index (χ1n) is 6.76. The van der Waals surface area contributed by atoms with E-state index >= 15 is 0 Å². The number of aromatic nitrogens is 1. The van der Waals surface area contributed by atoms with Crippen LogP contribution < -0.4 is 5.32 Å². The average molecular weight is 373 g/mol. The van der Waals surface area contributed by atoms with E-state index in [2.05, 4.69) is 26.2 Å². The minimum atomic E-state index is -0.0581. The van der Waals surface area contributed by atoms with Crippen molar-refractivity contribution >= 4 is 38.9 Å². The Morgan fingerprint density at radius 2 is 1.95 bits per heavy atom. The fraction of sp³-hybridized carbons (Fsp3) is 0.0588. The molecule has 0 saturated heterocycles. The maximum Gasteiger partial charge on any atom is 0.230 e. The summed E-state index contributed by atoms with van der Waals surface area (Å²) in [5.74, 6) is -0.0581. The second-order valence-corrected chi connectivity index (χ2v) is 6.52. The molecule has 1 heterocycles. The fourth-order valence-electron chi connectivity index (χ4n) is 2.03. The number of benzene rings is 2. The van der Waals surface area contributed by atoms with E-state index in [1.165, 1.54) is 0 Å². The standard InChI is InChI=1S/C17H13BrN2OS/c18-13-6-4-5-12(9-13)17-20-15(11-22-17)10-16(21)19-14-7-2-1-3-8-14/h1-9,11H,10H2,(H,19,21). The lowest BCUT2D eigenvalue weighted by Crippen LogP contribution is -2.14. The van der Waals surface area contributed by atoms with Gasteiger partial charge in [0.2, 0.25) is 5.91 Å². The molecule has 0 aliphatic heterocycles. The molecule has 1 N–H and O–H groups in total. The van der Waals surface area contributed by atoms with Crippen LogP contribution >= 0.6 is 27.3 Å². The van der Waals surface area contributed by atoms with Crippen LogP contribution in [0.25, 0.3) is 10.6 Å². The number of rotatable bonds is 4. The third kappa shape index (κ3) is 3.81. The number of carbonyl (C=O) groups excluding carboxylic acids is 1. The van der Waals surface area contributed by atoms with Crippen molar-refractivity contribution in [2.45, 2.75) is 6.42 Å². The van der Waals surface area contributed by atoms with E-state index in [0.717, 1.165) is 26.4 Å². The van der Waals surface area contributed by atoms with E-state index in [1.54, 1.807) is 11.3 Å². The van der Waals surface area contributed by atoms with E-state index in [0.29, 0.717) is 0 Å². The highest BCUT2D eigenvalue weighted by Gasteiger charge is 2.09. The molecule has 2 aromatic carbocycles. The highest BCUT2D eigenvalue weighted by Crippen LogP contribution is 2.26. The molecular weight excluding hydrogens is 360 g/mol. The molecule has 0 fully saturated rings. The van der Waals surface area contributed by atoms with E-state index in [9.17, 15) is 4.79 Å². The number of para-hydroxylation sites is 1. The second kappa shape index (κ2) is 6.85. The van der Waals surface area contributed by atoms with Gasteiger partial charge in [0.05, 0.1) is 12.1 Å². The number of thiazole rings is 1. The topological polar surface area (TPSA) is 42.0 Å². The van der Waals surface area contributed by atoms with Crippen molar-refractivity contribution in [2.75, 3.05) is 5.32 Å². The maximum absolute atomic E-state index is 12.0. The molecule has 1 aromatic heterocycles. The molecule has 5 heteroatoms. The number of carbonyl (C=O) groups is 1. The van der Waals surface area contributed by atoms with E-state index < -0.39 is 0 Å². The number of anilines is 1. The molecule has 0 radical (unpaired) electrons. The van der Waals surface area contributed by atoms with Crippen LogP contribution in [0, 0.1) is 0 Å². The Labute approximate surface area is 141 Å². The quantitative estimate of drug-likeness (QED) is 0.717. The molecular formula is C17H13BrN2OS. The van der Waals surface area contributed by atoms with Gasteiger partial charge < -0.3 is 5.32 Å². The summed E-state index contributed by atoms with van der Waals surface area (Å²) < 4.78 is 1.02. The normalized spacial score (nSPS) is 10.4. The minimum Gasteiger partial charge on any atom is -0.326 e. The van der Waals surface area contributed by atoms with Gasteiger partial charge in [-0.05, 0) is 24.3 Å².